The molecule has 1 aliphatic rings. The molecule has 1 saturated carbocycles. The Morgan fingerprint density at radius 1 is 1.44 bits per heavy atom. The van der Waals surface area contributed by atoms with E-state index in [1.54, 1.807) is 6.07 Å². The second-order valence-electron chi connectivity index (χ2n) is 4.72. The maximum absolute atomic E-state index is 10.8. The summed E-state index contributed by atoms with van der Waals surface area (Å²) in [5.41, 5.74) is 0.737. The van der Waals surface area contributed by atoms with E-state index in [1.807, 2.05) is 6.07 Å². The molecule has 2 N–H and O–H groups in total. The number of non-ortho nitro benzene ring substituents is 1. The van der Waals surface area contributed by atoms with Crippen LogP contribution >= 0.6 is 15.9 Å². The highest BCUT2D eigenvalue weighted by Gasteiger charge is 2.35. The maximum atomic E-state index is 10.8. The van der Waals surface area contributed by atoms with Crippen molar-refractivity contribution in [2.24, 2.45) is 0 Å². The number of rotatable bonds is 5. The third kappa shape index (κ3) is 2.88. The number of nitro groups is 1. The van der Waals surface area contributed by atoms with E-state index in [-0.39, 0.29) is 17.8 Å². The molecule has 0 saturated heterocycles. The van der Waals surface area contributed by atoms with Gasteiger partial charge in [0.1, 0.15) is 0 Å². The second-order valence-corrected chi connectivity index (χ2v) is 5.64. The number of aliphatic hydroxyl groups excluding tert-OH is 1. The first-order valence-corrected chi connectivity index (χ1v) is 6.64. The summed E-state index contributed by atoms with van der Waals surface area (Å²) in [5.74, 6) is 0. The zero-order valence-corrected chi connectivity index (χ0v) is 11.4. The molecule has 1 aromatic carbocycles. The normalized spacial score (nSPS) is 17.2. The van der Waals surface area contributed by atoms with Gasteiger partial charge in [-0.3, -0.25) is 10.1 Å². The number of halogens is 1. The molecular formula is C12H15BrN2O3. The van der Waals surface area contributed by atoms with E-state index in [0.717, 1.165) is 24.8 Å². The molecule has 0 bridgehead atoms. The molecule has 0 heterocycles. The molecule has 0 spiro atoms. The van der Waals surface area contributed by atoms with Crippen molar-refractivity contribution in [3.05, 3.63) is 38.3 Å². The zero-order chi connectivity index (χ0) is 13.2. The summed E-state index contributed by atoms with van der Waals surface area (Å²) in [6.45, 7) is 0.643. The Hall–Kier alpha value is -0.980. The van der Waals surface area contributed by atoms with Crippen molar-refractivity contribution in [3.8, 4) is 0 Å². The van der Waals surface area contributed by atoms with Crippen LogP contribution in [-0.4, -0.2) is 22.2 Å². The van der Waals surface area contributed by atoms with Crippen molar-refractivity contribution in [1.29, 1.82) is 0 Å². The topological polar surface area (TPSA) is 75.4 Å². The van der Waals surface area contributed by atoms with Crippen LogP contribution in [0.3, 0.4) is 0 Å². The van der Waals surface area contributed by atoms with E-state index in [9.17, 15) is 15.2 Å². The van der Waals surface area contributed by atoms with Gasteiger partial charge in [-0.2, -0.15) is 0 Å². The van der Waals surface area contributed by atoms with Gasteiger partial charge in [0.05, 0.1) is 11.5 Å². The molecule has 1 fully saturated rings. The van der Waals surface area contributed by atoms with Crippen molar-refractivity contribution in [3.63, 3.8) is 0 Å². The zero-order valence-electron chi connectivity index (χ0n) is 9.86. The minimum Gasteiger partial charge on any atom is -0.394 e. The van der Waals surface area contributed by atoms with Crippen LogP contribution < -0.4 is 5.32 Å². The van der Waals surface area contributed by atoms with Gasteiger partial charge >= 0.3 is 0 Å². The number of hydrogen-bond acceptors (Lipinski definition) is 4. The maximum Gasteiger partial charge on any atom is 0.270 e. The highest BCUT2D eigenvalue weighted by molar-refractivity contribution is 9.10. The summed E-state index contributed by atoms with van der Waals surface area (Å²) >= 11 is 3.27. The Morgan fingerprint density at radius 3 is 2.67 bits per heavy atom. The molecule has 0 amide bonds. The molecule has 0 unspecified atom stereocenters. The fourth-order valence-electron chi connectivity index (χ4n) is 2.12. The molecule has 18 heavy (non-hydrogen) atoms. The second kappa shape index (κ2) is 5.34. The molecule has 0 aliphatic heterocycles. The molecule has 0 radical (unpaired) electrons. The summed E-state index contributed by atoms with van der Waals surface area (Å²) in [5, 5.41) is 23.4. The molecule has 98 valence electrons. The number of aliphatic hydroxyl groups is 1. The fraction of sp³-hybridized carbons (Fsp3) is 0.500. The molecule has 0 aromatic heterocycles. The predicted molar refractivity (Wildman–Crippen MR) is 71.3 cm³/mol. The molecule has 1 aliphatic carbocycles. The lowest BCUT2D eigenvalue weighted by atomic mass is 9.77. The van der Waals surface area contributed by atoms with Crippen LogP contribution in [0.5, 0.6) is 0 Å². The molecular weight excluding hydrogens is 300 g/mol. The monoisotopic (exact) mass is 314 g/mol. The van der Waals surface area contributed by atoms with E-state index < -0.39 is 4.92 Å². The van der Waals surface area contributed by atoms with E-state index in [1.165, 1.54) is 6.07 Å². The molecule has 0 atom stereocenters. The van der Waals surface area contributed by atoms with Gasteiger partial charge in [0, 0.05) is 28.7 Å². The highest BCUT2D eigenvalue weighted by atomic mass is 79.9. The van der Waals surface area contributed by atoms with Crippen LogP contribution in [0.2, 0.25) is 0 Å². The van der Waals surface area contributed by atoms with E-state index >= 15 is 0 Å². The largest absolute Gasteiger partial charge is 0.394 e. The number of nitro benzene ring substituents is 1. The summed E-state index contributed by atoms with van der Waals surface area (Å²) in [4.78, 5) is 10.4. The average molecular weight is 315 g/mol. The quantitative estimate of drug-likeness (QED) is 0.646. The van der Waals surface area contributed by atoms with Crippen molar-refractivity contribution < 1.29 is 10.0 Å². The van der Waals surface area contributed by atoms with E-state index in [2.05, 4.69) is 21.2 Å². The van der Waals surface area contributed by atoms with Crippen molar-refractivity contribution in [2.75, 3.05) is 6.61 Å². The predicted octanol–water partition coefficient (Wildman–Crippen LogP) is 2.36. The lowest BCUT2D eigenvalue weighted by molar-refractivity contribution is -0.385. The lowest BCUT2D eigenvalue weighted by Crippen LogP contribution is -2.53. The Balaban J connectivity index is 2.07. The van der Waals surface area contributed by atoms with Crippen molar-refractivity contribution in [1.82, 2.24) is 5.32 Å². The fourth-order valence-corrected chi connectivity index (χ4v) is 2.65. The first-order valence-electron chi connectivity index (χ1n) is 5.84. The van der Waals surface area contributed by atoms with Crippen LogP contribution in [0.4, 0.5) is 5.69 Å². The summed E-state index contributed by atoms with van der Waals surface area (Å²) in [7, 11) is 0. The minimum atomic E-state index is -0.403. The third-order valence-electron chi connectivity index (χ3n) is 3.43. The summed E-state index contributed by atoms with van der Waals surface area (Å²) in [6.07, 6.45) is 3.03. The number of nitrogens with zero attached hydrogens (tertiary/aromatic N) is 1. The molecule has 2 rings (SSSR count). The Kier molecular flexibility index (Phi) is 3.99. The highest BCUT2D eigenvalue weighted by Crippen LogP contribution is 2.31. The van der Waals surface area contributed by atoms with Gasteiger partial charge in [-0.25, -0.2) is 0 Å². The molecule has 5 nitrogen and oxygen atoms in total. The smallest absolute Gasteiger partial charge is 0.270 e. The van der Waals surface area contributed by atoms with Gasteiger partial charge in [-0.05, 0) is 30.9 Å². The molecule has 1 aromatic rings. The van der Waals surface area contributed by atoms with Crippen LogP contribution in [0.25, 0.3) is 0 Å². The van der Waals surface area contributed by atoms with Gasteiger partial charge in [0.25, 0.3) is 5.69 Å². The van der Waals surface area contributed by atoms with Gasteiger partial charge in [-0.15, -0.1) is 0 Å². The Morgan fingerprint density at radius 2 is 2.17 bits per heavy atom. The lowest BCUT2D eigenvalue weighted by Gasteiger charge is -2.41. The van der Waals surface area contributed by atoms with E-state index in [4.69, 9.17) is 0 Å². The first-order chi connectivity index (χ1) is 8.54. The van der Waals surface area contributed by atoms with E-state index in [0.29, 0.717) is 11.0 Å². The van der Waals surface area contributed by atoms with Gasteiger partial charge in [-0.1, -0.05) is 15.9 Å². The van der Waals surface area contributed by atoms with Crippen LogP contribution in [0, 0.1) is 10.1 Å². The van der Waals surface area contributed by atoms with Gasteiger partial charge in [0.15, 0.2) is 0 Å². The van der Waals surface area contributed by atoms with Crippen LogP contribution in [-0.2, 0) is 6.54 Å². The third-order valence-corrected chi connectivity index (χ3v) is 3.89. The number of nitrogens with one attached hydrogen (secondary N) is 1. The molecule has 6 heteroatoms. The number of benzene rings is 1. The average Bonchev–Trinajstić information content (AvgIpc) is 2.27. The summed E-state index contributed by atoms with van der Waals surface area (Å²) < 4.78 is 0.695. The van der Waals surface area contributed by atoms with Crippen LogP contribution in [0.1, 0.15) is 24.8 Å². The van der Waals surface area contributed by atoms with Gasteiger partial charge < -0.3 is 10.4 Å². The van der Waals surface area contributed by atoms with Crippen LogP contribution in [0.15, 0.2) is 22.7 Å². The Labute approximate surface area is 113 Å². The number of hydrogen-bond donors (Lipinski definition) is 2. The minimum absolute atomic E-state index is 0.0767. The summed E-state index contributed by atoms with van der Waals surface area (Å²) in [6, 6.07) is 4.89. The standard InChI is InChI=1S/C12H15BrN2O3/c13-10-4-9(5-11(6-10)15(17)18)7-14-12(8-16)2-1-3-12/h4-6,14,16H,1-3,7-8H2. The van der Waals surface area contributed by atoms with Crippen molar-refractivity contribution >= 4 is 21.6 Å². The first kappa shape index (κ1) is 13.5. The van der Waals surface area contributed by atoms with Gasteiger partial charge in [0.2, 0.25) is 0 Å². The Bertz CT molecular complexity index is 455. The SMILES string of the molecule is O=[N+]([O-])c1cc(Br)cc(CNC2(CO)CCC2)c1. The van der Waals surface area contributed by atoms with Crippen molar-refractivity contribution in [2.45, 2.75) is 31.3 Å².